The van der Waals surface area contributed by atoms with Crippen molar-refractivity contribution in [3.63, 3.8) is 0 Å². The first kappa shape index (κ1) is 16.4. The van der Waals surface area contributed by atoms with E-state index < -0.39 is 0 Å². The number of rotatable bonds is 2. The molecule has 4 nitrogen and oxygen atoms in total. The summed E-state index contributed by atoms with van der Waals surface area (Å²) in [5.41, 5.74) is 1.86. The van der Waals surface area contributed by atoms with Crippen molar-refractivity contribution < 1.29 is 4.39 Å². The van der Waals surface area contributed by atoms with Crippen molar-refractivity contribution in [1.29, 1.82) is 0 Å². The Balaban J connectivity index is 1.66. The van der Waals surface area contributed by atoms with Crippen molar-refractivity contribution in [3.8, 4) is 0 Å². The normalized spacial score (nSPS) is 18.2. The zero-order valence-electron chi connectivity index (χ0n) is 13.8. The maximum Gasteiger partial charge on any atom is 0.148 e. The molecule has 2 heterocycles. The summed E-state index contributed by atoms with van der Waals surface area (Å²) in [7, 11) is 0. The molecular weight excluding hydrogens is 339 g/mol. The van der Waals surface area contributed by atoms with Gasteiger partial charge in [0.15, 0.2) is 0 Å². The third-order valence-electron chi connectivity index (χ3n) is 4.85. The van der Waals surface area contributed by atoms with Gasteiger partial charge in [-0.05, 0) is 55.8 Å². The summed E-state index contributed by atoms with van der Waals surface area (Å²) in [5, 5.41) is 11.0. The van der Waals surface area contributed by atoms with Gasteiger partial charge in [-0.15, -0.1) is 0 Å². The Morgan fingerprint density at radius 3 is 2.76 bits per heavy atom. The largest absolute Gasteiger partial charge is 0.368 e. The molecule has 0 amide bonds. The highest BCUT2D eigenvalue weighted by atomic mass is 35.5. The summed E-state index contributed by atoms with van der Waals surface area (Å²) >= 11 is 6.07. The Hall–Kier alpha value is -2.11. The smallest absolute Gasteiger partial charge is 0.148 e. The number of para-hydroxylation sites is 1. The van der Waals surface area contributed by atoms with Crippen molar-refractivity contribution in [2.75, 3.05) is 18.4 Å². The summed E-state index contributed by atoms with van der Waals surface area (Å²) in [5.74, 6) is 0.611. The molecule has 0 unspecified atom stereocenters. The molecule has 1 spiro atoms. The Labute approximate surface area is 151 Å². The molecule has 25 heavy (non-hydrogen) atoms. The van der Waals surface area contributed by atoms with Crippen LogP contribution in [0.1, 0.15) is 18.4 Å². The van der Waals surface area contributed by atoms with Gasteiger partial charge in [-0.25, -0.2) is 9.38 Å². The van der Waals surface area contributed by atoms with Gasteiger partial charge in [0.1, 0.15) is 11.7 Å². The highest BCUT2D eigenvalue weighted by Crippen LogP contribution is 2.38. The number of fused-ring (bicyclic) bond motifs is 1. The zero-order valence-corrected chi connectivity index (χ0v) is 14.5. The second-order valence-electron chi connectivity index (χ2n) is 6.53. The van der Waals surface area contributed by atoms with E-state index in [-0.39, 0.29) is 11.4 Å². The Bertz CT molecular complexity index is 815. The number of amidine groups is 1. The molecular formula is C19H20ClFN4. The third kappa shape index (κ3) is 3.22. The number of benzene rings is 2. The molecule has 1 fully saturated rings. The zero-order chi connectivity index (χ0) is 17.3. The lowest BCUT2D eigenvalue weighted by Gasteiger charge is -2.43. The second kappa shape index (κ2) is 6.65. The van der Waals surface area contributed by atoms with Gasteiger partial charge in [-0.2, -0.15) is 0 Å². The summed E-state index contributed by atoms with van der Waals surface area (Å²) in [6, 6.07) is 12.8. The monoisotopic (exact) mass is 358 g/mol. The molecule has 0 atom stereocenters. The van der Waals surface area contributed by atoms with E-state index in [2.05, 4.69) is 16.0 Å². The van der Waals surface area contributed by atoms with Crippen LogP contribution in [-0.2, 0) is 6.54 Å². The average Bonchev–Trinajstić information content (AvgIpc) is 2.62. The molecule has 2 aliphatic rings. The summed E-state index contributed by atoms with van der Waals surface area (Å²) in [6.45, 7) is 2.37. The van der Waals surface area contributed by atoms with E-state index >= 15 is 0 Å². The van der Waals surface area contributed by atoms with Gasteiger partial charge in [0.25, 0.3) is 0 Å². The van der Waals surface area contributed by atoms with Crippen LogP contribution in [-0.4, -0.2) is 24.5 Å². The highest BCUT2D eigenvalue weighted by Gasteiger charge is 2.41. The molecule has 4 rings (SSSR count). The maximum absolute atomic E-state index is 14.2. The van der Waals surface area contributed by atoms with E-state index in [0.29, 0.717) is 22.9 Å². The summed E-state index contributed by atoms with van der Waals surface area (Å²) in [4.78, 5) is 4.76. The predicted molar refractivity (Wildman–Crippen MR) is 100 cm³/mol. The van der Waals surface area contributed by atoms with Crippen LogP contribution in [0.2, 0.25) is 5.02 Å². The fourth-order valence-corrected chi connectivity index (χ4v) is 3.73. The van der Waals surface area contributed by atoms with Crippen LogP contribution in [0.3, 0.4) is 0 Å². The van der Waals surface area contributed by atoms with Gasteiger partial charge in [-0.3, -0.25) is 0 Å². The van der Waals surface area contributed by atoms with Crippen molar-refractivity contribution >= 4 is 28.8 Å². The highest BCUT2D eigenvalue weighted by molar-refractivity contribution is 6.30. The molecule has 2 aromatic rings. The van der Waals surface area contributed by atoms with E-state index in [1.54, 1.807) is 6.07 Å². The van der Waals surface area contributed by atoms with Crippen LogP contribution in [0.15, 0.2) is 47.5 Å². The van der Waals surface area contributed by atoms with Crippen LogP contribution in [0.5, 0.6) is 0 Å². The summed E-state index contributed by atoms with van der Waals surface area (Å²) in [6.07, 6.45) is 1.70. The van der Waals surface area contributed by atoms with E-state index in [1.165, 1.54) is 6.07 Å². The quantitative estimate of drug-likeness (QED) is 0.764. The molecule has 0 saturated carbocycles. The van der Waals surface area contributed by atoms with Crippen molar-refractivity contribution in [1.82, 2.24) is 10.6 Å². The molecule has 0 radical (unpaired) electrons. The molecule has 0 aliphatic carbocycles. The first-order valence-corrected chi connectivity index (χ1v) is 8.89. The predicted octanol–water partition coefficient (Wildman–Crippen LogP) is 3.85. The van der Waals surface area contributed by atoms with Gasteiger partial charge in [0.05, 0.1) is 16.9 Å². The van der Waals surface area contributed by atoms with Crippen molar-refractivity contribution in [3.05, 3.63) is 58.9 Å². The topological polar surface area (TPSA) is 48.4 Å². The molecule has 2 aromatic carbocycles. The minimum absolute atomic E-state index is 0.256. The average molecular weight is 359 g/mol. The first-order valence-electron chi connectivity index (χ1n) is 8.51. The number of piperidine rings is 1. The van der Waals surface area contributed by atoms with Gasteiger partial charge >= 0.3 is 0 Å². The van der Waals surface area contributed by atoms with Crippen molar-refractivity contribution in [2.24, 2.45) is 4.99 Å². The van der Waals surface area contributed by atoms with Crippen LogP contribution in [0, 0.1) is 5.82 Å². The molecule has 1 saturated heterocycles. The van der Waals surface area contributed by atoms with Crippen LogP contribution in [0.25, 0.3) is 0 Å². The third-order valence-corrected chi connectivity index (χ3v) is 5.08. The Kier molecular flexibility index (Phi) is 4.36. The lowest BCUT2D eigenvalue weighted by Crippen LogP contribution is -2.58. The SMILES string of the molecule is Fc1cccc2c1NC1(CCNCC1)C(NCc1cccc(Cl)c1)=N2. The number of nitrogens with zero attached hydrogens (tertiary/aromatic N) is 1. The fourth-order valence-electron chi connectivity index (χ4n) is 3.51. The number of halogens is 2. The lowest BCUT2D eigenvalue weighted by atomic mass is 9.85. The first-order chi connectivity index (χ1) is 12.2. The molecule has 0 bridgehead atoms. The van der Waals surface area contributed by atoms with E-state index in [0.717, 1.165) is 37.3 Å². The van der Waals surface area contributed by atoms with Gasteiger partial charge in [-0.1, -0.05) is 29.8 Å². The molecule has 130 valence electrons. The minimum atomic E-state index is -0.362. The van der Waals surface area contributed by atoms with Gasteiger partial charge in [0, 0.05) is 11.6 Å². The maximum atomic E-state index is 14.2. The Morgan fingerprint density at radius 2 is 1.96 bits per heavy atom. The fraction of sp³-hybridized carbons (Fsp3) is 0.316. The minimum Gasteiger partial charge on any atom is -0.368 e. The number of hydrogen-bond acceptors (Lipinski definition) is 4. The Morgan fingerprint density at radius 1 is 1.16 bits per heavy atom. The molecule has 2 aliphatic heterocycles. The van der Waals surface area contributed by atoms with Gasteiger partial charge in [0.2, 0.25) is 0 Å². The van der Waals surface area contributed by atoms with Crippen LogP contribution < -0.4 is 16.0 Å². The number of anilines is 1. The van der Waals surface area contributed by atoms with Crippen LogP contribution in [0.4, 0.5) is 15.8 Å². The number of hydrogen-bond donors (Lipinski definition) is 3. The van der Waals surface area contributed by atoms with Crippen LogP contribution >= 0.6 is 11.6 Å². The summed E-state index contributed by atoms with van der Waals surface area (Å²) < 4.78 is 14.2. The molecule has 6 heteroatoms. The number of nitrogens with one attached hydrogen (secondary N) is 3. The van der Waals surface area contributed by atoms with E-state index in [4.69, 9.17) is 16.6 Å². The lowest BCUT2D eigenvalue weighted by molar-refractivity contribution is 0.410. The van der Waals surface area contributed by atoms with Crippen molar-refractivity contribution in [2.45, 2.75) is 24.9 Å². The molecule has 3 N–H and O–H groups in total. The van der Waals surface area contributed by atoms with E-state index in [9.17, 15) is 4.39 Å². The van der Waals surface area contributed by atoms with Gasteiger partial charge < -0.3 is 16.0 Å². The number of aliphatic imine (C=N–C) groups is 1. The molecule has 0 aromatic heterocycles. The standard InChI is InChI=1S/C19H20ClFN4/c20-14-4-1-3-13(11-14)12-23-18-19(7-9-22-10-8-19)25-17-15(21)5-2-6-16(17)24-18/h1-6,11,22,25H,7-10,12H2,(H,23,24). The van der Waals surface area contributed by atoms with E-state index in [1.807, 2.05) is 30.3 Å². The second-order valence-corrected chi connectivity index (χ2v) is 6.97.